The first-order valence-electron chi connectivity index (χ1n) is 8.05. The number of hydrogen-bond acceptors (Lipinski definition) is 2. The average molecular weight is 347 g/mol. The fourth-order valence-electron chi connectivity index (χ4n) is 2.70. The molecule has 130 valence electrons. The molecule has 2 rings (SSSR count). The van der Waals surface area contributed by atoms with Crippen LogP contribution in [0.5, 0.6) is 0 Å². The summed E-state index contributed by atoms with van der Waals surface area (Å²) in [5.74, 6) is -0.204. The topological polar surface area (TPSA) is 46.3 Å². The van der Waals surface area contributed by atoms with Crippen molar-refractivity contribution < 1.29 is 4.79 Å². The molecule has 0 aliphatic heterocycles. The lowest BCUT2D eigenvalue weighted by Crippen LogP contribution is -2.38. The van der Waals surface area contributed by atoms with Gasteiger partial charge in [0.1, 0.15) is 0 Å². The molecule has 0 aliphatic rings. The van der Waals surface area contributed by atoms with Gasteiger partial charge in [0.15, 0.2) is 0 Å². The largest absolute Gasteiger partial charge is 0.339 e. The maximum atomic E-state index is 12.8. The summed E-state index contributed by atoms with van der Waals surface area (Å²) in [7, 11) is 1.85. The van der Waals surface area contributed by atoms with Gasteiger partial charge in [-0.1, -0.05) is 67.1 Å². The van der Waals surface area contributed by atoms with Crippen LogP contribution in [0.15, 0.2) is 54.6 Å². The van der Waals surface area contributed by atoms with E-state index in [9.17, 15) is 4.79 Å². The van der Waals surface area contributed by atoms with Crippen LogP contribution in [0, 0.1) is 12.8 Å². The second kappa shape index (κ2) is 8.86. The monoisotopic (exact) mass is 346 g/mol. The van der Waals surface area contributed by atoms with Crippen molar-refractivity contribution in [2.45, 2.75) is 32.9 Å². The van der Waals surface area contributed by atoms with Crippen molar-refractivity contribution in [3.05, 3.63) is 71.3 Å². The number of carbonyl (C=O) groups excluding carboxylic acids is 1. The van der Waals surface area contributed by atoms with Crippen LogP contribution in [0.25, 0.3) is 0 Å². The standard InChI is InChI=1S/C20H26N2O.ClH/c1-14-10-12-17(13-11-14)16(3)22(4)20(23)15(2)19(21)18-8-6-5-7-9-18;/h5-13,15-16,19H,21H2,1-4H3;1H. The van der Waals surface area contributed by atoms with Gasteiger partial charge in [-0.25, -0.2) is 0 Å². The first kappa shape index (κ1) is 20.2. The zero-order valence-corrected chi connectivity index (χ0v) is 15.6. The molecule has 0 heterocycles. The molecule has 3 nitrogen and oxygen atoms in total. The molecule has 0 radical (unpaired) electrons. The molecule has 2 N–H and O–H groups in total. The van der Waals surface area contributed by atoms with Crippen LogP contribution in [-0.2, 0) is 4.79 Å². The summed E-state index contributed by atoms with van der Waals surface area (Å²) >= 11 is 0. The predicted octanol–water partition coefficient (Wildman–Crippen LogP) is 4.27. The minimum atomic E-state index is -0.295. The Morgan fingerprint density at radius 2 is 1.50 bits per heavy atom. The van der Waals surface area contributed by atoms with E-state index < -0.39 is 0 Å². The highest BCUT2D eigenvalue weighted by atomic mass is 35.5. The molecule has 0 fully saturated rings. The third-order valence-electron chi connectivity index (χ3n) is 4.60. The van der Waals surface area contributed by atoms with Crippen LogP contribution in [0.1, 0.15) is 42.6 Å². The number of amides is 1. The van der Waals surface area contributed by atoms with Gasteiger partial charge in [0.25, 0.3) is 0 Å². The summed E-state index contributed by atoms with van der Waals surface area (Å²) in [5.41, 5.74) is 9.63. The minimum absolute atomic E-state index is 0. The molecule has 3 unspecified atom stereocenters. The lowest BCUT2D eigenvalue weighted by Gasteiger charge is -2.30. The Hall–Kier alpha value is -1.84. The predicted molar refractivity (Wildman–Crippen MR) is 102 cm³/mol. The molecule has 0 aromatic heterocycles. The molecule has 0 saturated heterocycles. The lowest BCUT2D eigenvalue weighted by molar-refractivity contribution is -0.136. The van der Waals surface area contributed by atoms with Crippen LogP contribution in [0.4, 0.5) is 0 Å². The van der Waals surface area contributed by atoms with Crippen LogP contribution >= 0.6 is 12.4 Å². The van der Waals surface area contributed by atoms with E-state index in [-0.39, 0.29) is 36.3 Å². The second-order valence-corrected chi connectivity index (χ2v) is 6.26. The molecular formula is C20H27ClN2O. The summed E-state index contributed by atoms with van der Waals surface area (Å²) < 4.78 is 0. The van der Waals surface area contributed by atoms with Crippen molar-refractivity contribution in [3.63, 3.8) is 0 Å². The van der Waals surface area contributed by atoms with Crippen molar-refractivity contribution in [1.29, 1.82) is 0 Å². The zero-order chi connectivity index (χ0) is 17.0. The molecule has 2 aromatic carbocycles. The molecule has 3 atom stereocenters. The Morgan fingerprint density at radius 1 is 0.958 bits per heavy atom. The SMILES string of the molecule is Cc1ccc(C(C)N(C)C(=O)C(C)C(N)c2ccccc2)cc1.Cl. The van der Waals surface area contributed by atoms with Crippen molar-refractivity contribution >= 4 is 18.3 Å². The highest BCUT2D eigenvalue weighted by molar-refractivity contribution is 5.85. The number of hydrogen-bond donors (Lipinski definition) is 1. The number of benzene rings is 2. The normalized spacial score (nSPS) is 14.2. The number of rotatable bonds is 5. The Bertz CT molecular complexity index is 642. The summed E-state index contributed by atoms with van der Waals surface area (Å²) in [4.78, 5) is 14.6. The smallest absolute Gasteiger partial charge is 0.227 e. The summed E-state index contributed by atoms with van der Waals surface area (Å²) in [6.45, 7) is 6.01. The van der Waals surface area contributed by atoms with Crippen LogP contribution in [0.2, 0.25) is 0 Å². The fourth-order valence-corrected chi connectivity index (χ4v) is 2.70. The van der Waals surface area contributed by atoms with Crippen LogP contribution in [-0.4, -0.2) is 17.9 Å². The summed E-state index contributed by atoms with van der Waals surface area (Å²) in [6.07, 6.45) is 0. The number of nitrogens with two attached hydrogens (primary N) is 1. The van der Waals surface area contributed by atoms with Gasteiger partial charge in [-0.15, -0.1) is 12.4 Å². The van der Waals surface area contributed by atoms with Gasteiger partial charge in [-0.05, 0) is 25.0 Å². The van der Waals surface area contributed by atoms with E-state index in [1.807, 2.05) is 51.2 Å². The summed E-state index contributed by atoms with van der Waals surface area (Å²) in [5, 5.41) is 0. The first-order chi connectivity index (χ1) is 10.9. The Labute approximate surface area is 151 Å². The molecule has 24 heavy (non-hydrogen) atoms. The molecule has 0 saturated carbocycles. The third-order valence-corrected chi connectivity index (χ3v) is 4.60. The maximum absolute atomic E-state index is 12.8. The van der Waals surface area contributed by atoms with Crippen LogP contribution < -0.4 is 5.73 Å². The number of aryl methyl sites for hydroxylation is 1. The van der Waals surface area contributed by atoms with E-state index in [0.29, 0.717) is 0 Å². The van der Waals surface area contributed by atoms with E-state index in [4.69, 9.17) is 5.73 Å². The average Bonchev–Trinajstić information content (AvgIpc) is 2.60. The van der Waals surface area contributed by atoms with Crippen molar-refractivity contribution in [1.82, 2.24) is 4.90 Å². The molecule has 0 spiro atoms. The molecule has 0 bridgehead atoms. The van der Waals surface area contributed by atoms with Crippen LogP contribution in [0.3, 0.4) is 0 Å². The molecule has 4 heteroatoms. The molecule has 2 aromatic rings. The van der Waals surface area contributed by atoms with E-state index in [1.54, 1.807) is 4.90 Å². The van der Waals surface area contributed by atoms with Gasteiger partial charge in [-0.3, -0.25) is 4.79 Å². The first-order valence-corrected chi connectivity index (χ1v) is 8.05. The number of nitrogens with zero attached hydrogens (tertiary/aromatic N) is 1. The highest BCUT2D eigenvalue weighted by Crippen LogP contribution is 2.25. The van der Waals surface area contributed by atoms with Crippen molar-refractivity contribution in [3.8, 4) is 0 Å². The maximum Gasteiger partial charge on any atom is 0.227 e. The third kappa shape index (κ3) is 4.59. The quantitative estimate of drug-likeness (QED) is 0.878. The van der Waals surface area contributed by atoms with Gasteiger partial charge in [-0.2, -0.15) is 0 Å². The molecule has 1 amide bonds. The van der Waals surface area contributed by atoms with Gasteiger partial charge in [0, 0.05) is 13.1 Å². The van der Waals surface area contributed by atoms with Gasteiger partial charge >= 0.3 is 0 Å². The molecular weight excluding hydrogens is 320 g/mol. The number of carbonyl (C=O) groups is 1. The highest BCUT2D eigenvalue weighted by Gasteiger charge is 2.27. The van der Waals surface area contributed by atoms with E-state index in [1.165, 1.54) is 5.56 Å². The van der Waals surface area contributed by atoms with Crippen molar-refractivity contribution in [2.75, 3.05) is 7.05 Å². The molecule has 0 aliphatic carbocycles. The summed E-state index contributed by atoms with van der Waals surface area (Å²) in [6, 6.07) is 17.8. The zero-order valence-electron chi connectivity index (χ0n) is 14.8. The minimum Gasteiger partial charge on any atom is -0.339 e. The van der Waals surface area contributed by atoms with Crippen molar-refractivity contribution in [2.24, 2.45) is 11.7 Å². The second-order valence-electron chi connectivity index (χ2n) is 6.26. The van der Waals surface area contributed by atoms with E-state index >= 15 is 0 Å². The fraction of sp³-hybridized carbons (Fsp3) is 0.350. The Balaban J connectivity index is 0.00000288. The lowest BCUT2D eigenvalue weighted by atomic mass is 9.93. The van der Waals surface area contributed by atoms with Gasteiger partial charge in [0.2, 0.25) is 5.91 Å². The Kier molecular flexibility index (Phi) is 7.46. The Morgan fingerprint density at radius 3 is 2.04 bits per heavy atom. The number of halogens is 1. The van der Waals surface area contributed by atoms with E-state index in [0.717, 1.165) is 11.1 Å². The van der Waals surface area contributed by atoms with Gasteiger partial charge in [0.05, 0.1) is 12.0 Å². The van der Waals surface area contributed by atoms with Gasteiger partial charge < -0.3 is 10.6 Å². The van der Waals surface area contributed by atoms with E-state index in [2.05, 4.69) is 31.2 Å².